The number of Topliss-reactive ketones (excluding diaryl/α,β-unsaturated/α-hetero) is 1. The minimum atomic E-state index is -0.653. The summed E-state index contributed by atoms with van der Waals surface area (Å²) in [5.41, 5.74) is 1.88. The molecular formula is C25H24O6. The van der Waals surface area contributed by atoms with E-state index in [4.69, 9.17) is 18.9 Å². The molecule has 0 aliphatic carbocycles. The van der Waals surface area contributed by atoms with Gasteiger partial charge < -0.3 is 18.9 Å². The van der Waals surface area contributed by atoms with Gasteiger partial charge in [0.15, 0.2) is 17.3 Å². The van der Waals surface area contributed by atoms with E-state index in [0.717, 1.165) is 11.1 Å². The van der Waals surface area contributed by atoms with Crippen LogP contribution in [0.3, 0.4) is 0 Å². The summed E-state index contributed by atoms with van der Waals surface area (Å²) in [6.07, 6.45) is 0. The van der Waals surface area contributed by atoms with E-state index < -0.39 is 5.97 Å². The lowest BCUT2D eigenvalue weighted by Gasteiger charge is -2.19. The van der Waals surface area contributed by atoms with Gasteiger partial charge in [-0.25, -0.2) is 4.79 Å². The Hall–Kier alpha value is -3.80. The Bertz CT molecular complexity index is 1040. The van der Waals surface area contributed by atoms with Crippen molar-refractivity contribution in [1.29, 1.82) is 0 Å². The number of esters is 1. The van der Waals surface area contributed by atoms with Crippen molar-refractivity contribution in [3.63, 3.8) is 0 Å². The number of hydrogen-bond donors (Lipinski definition) is 0. The minimum Gasteiger partial charge on any atom is -0.493 e. The van der Waals surface area contributed by atoms with Crippen molar-refractivity contribution in [1.82, 2.24) is 0 Å². The first-order chi connectivity index (χ1) is 15.0. The highest BCUT2D eigenvalue weighted by molar-refractivity contribution is 6.08. The highest BCUT2D eigenvalue weighted by Crippen LogP contribution is 2.43. The Kier molecular flexibility index (Phi) is 7.27. The Morgan fingerprint density at radius 1 is 0.774 bits per heavy atom. The number of benzene rings is 3. The van der Waals surface area contributed by atoms with E-state index in [9.17, 15) is 9.59 Å². The molecule has 0 amide bonds. The van der Waals surface area contributed by atoms with Crippen molar-refractivity contribution >= 4 is 11.8 Å². The molecule has 0 heterocycles. The van der Waals surface area contributed by atoms with Gasteiger partial charge >= 0.3 is 5.97 Å². The van der Waals surface area contributed by atoms with E-state index in [2.05, 4.69) is 0 Å². The zero-order valence-electron chi connectivity index (χ0n) is 17.7. The molecule has 160 valence electrons. The van der Waals surface area contributed by atoms with Gasteiger partial charge in [-0.1, -0.05) is 60.7 Å². The van der Waals surface area contributed by atoms with Gasteiger partial charge in [0.05, 0.1) is 25.3 Å². The van der Waals surface area contributed by atoms with E-state index in [1.807, 2.05) is 60.7 Å². The van der Waals surface area contributed by atoms with E-state index in [1.54, 1.807) is 0 Å². The lowest BCUT2D eigenvalue weighted by atomic mass is 10.0. The van der Waals surface area contributed by atoms with Crippen molar-refractivity contribution in [2.24, 2.45) is 0 Å². The van der Waals surface area contributed by atoms with Gasteiger partial charge in [0.1, 0.15) is 13.2 Å². The van der Waals surface area contributed by atoms with Crippen LogP contribution in [0.1, 0.15) is 38.8 Å². The molecule has 0 atom stereocenters. The first kappa shape index (κ1) is 21.9. The maximum atomic E-state index is 12.9. The van der Waals surface area contributed by atoms with Gasteiger partial charge in [0.25, 0.3) is 0 Å². The molecule has 0 radical (unpaired) electrons. The Balaban J connectivity index is 1.99. The summed E-state index contributed by atoms with van der Waals surface area (Å²) in [6.45, 7) is 1.62. The van der Waals surface area contributed by atoms with Crippen LogP contribution in [0, 0.1) is 0 Å². The SMILES string of the molecule is COc1cc(C(=O)OCc2ccccc2)c(C(C)=O)c(OCc2ccccc2)c1OC. The van der Waals surface area contributed by atoms with E-state index in [1.165, 1.54) is 27.2 Å². The highest BCUT2D eigenvalue weighted by atomic mass is 16.5. The number of methoxy groups -OCH3 is 2. The Labute approximate surface area is 181 Å². The molecule has 0 spiro atoms. The standard InChI is InChI=1S/C25H24O6/c1-17(26)22-20(25(27)31-16-19-12-8-5-9-13-19)14-21(28-2)23(29-3)24(22)30-15-18-10-6-4-7-11-18/h4-14H,15-16H2,1-3H3. The van der Waals surface area contributed by atoms with Gasteiger partial charge in [0.2, 0.25) is 5.75 Å². The molecule has 0 fully saturated rings. The number of hydrogen-bond acceptors (Lipinski definition) is 6. The molecule has 3 rings (SSSR count). The molecule has 0 unspecified atom stereocenters. The van der Waals surface area contributed by atoms with Gasteiger partial charge in [-0.05, 0) is 24.1 Å². The predicted octanol–water partition coefficient (Wildman–Crippen LogP) is 4.84. The van der Waals surface area contributed by atoms with Gasteiger partial charge in [0, 0.05) is 0 Å². The molecular weight excluding hydrogens is 396 g/mol. The van der Waals surface area contributed by atoms with Crippen LogP contribution >= 0.6 is 0 Å². The van der Waals surface area contributed by atoms with Crippen molar-refractivity contribution in [2.75, 3.05) is 14.2 Å². The molecule has 31 heavy (non-hydrogen) atoms. The van der Waals surface area contributed by atoms with Crippen LogP contribution in [0.4, 0.5) is 0 Å². The number of ketones is 1. The molecule has 6 heteroatoms. The fraction of sp³-hybridized carbons (Fsp3) is 0.200. The van der Waals surface area contributed by atoms with E-state index in [-0.39, 0.29) is 47.4 Å². The molecule has 0 saturated heterocycles. The summed E-state index contributed by atoms with van der Waals surface area (Å²) < 4.78 is 22.3. The minimum absolute atomic E-state index is 0.0594. The van der Waals surface area contributed by atoms with Crippen LogP contribution in [0.5, 0.6) is 17.2 Å². The largest absolute Gasteiger partial charge is 0.493 e. The zero-order chi connectivity index (χ0) is 22.2. The van der Waals surface area contributed by atoms with Crippen molar-refractivity contribution < 1.29 is 28.5 Å². The van der Waals surface area contributed by atoms with Gasteiger partial charge in [-0.3, -0.25) is 4.79 Å². The van der Waals surface area contributed by atoms with Crippen LogP contribution in [0.15, 0.2) is 66.7 Å². The normalized spacial score (nSPS) is 10.3. The Morgan fingerprint density at radius 2 is 1.35 bits per heavy atom. The summed E-state index contributed by atoms with van der Waals surface area (Å²) in [4.78, 5) is 25.5. The highest BCUT2D eigenvalue weighted by Gasteiger charge is 2.28. The quantitative estimate of drug-likeness (QED) is 0.364. The molecule has 0 bridgehead atoms. The molecule has 0 saturated carbocycles. The fourth-order valence-electron chi connectivity index (χ4n) is 3.14. The van der Waals surface area contributed by atoms with Crippen molar-refractivity contribution in [2.45, 2.75) is 20.1 Å². The molecule has 3 aromatic carbocycles. The van der Waals surface area contributed by atoms with Crippen LogP contribution in [0.25, 0.3) is 0 Å². The van der Waals surface area contributed by atoms with Crippen molar-refractivity contribution in [3.8, 4) is 17.2 Å². The summed E-state index contributed by atoms with van der Waals surface area (Å²) >= 11 is 0. The van der Waals surface area contributed by atoms with E-state index >= 15 is 0 Å². The number of rotatable bonds is 9. The lowest BCUT2D eigenvalue weighted by Crippen LogP contribution is -2.14. The van der Waals surface area contributed by atoms with Gasteiger partial charge in [-0.2, -0.15) is 0 Å². The maximum Gasteiger partial charge on any atom is 0.339 e. The second kappa shape index (κ2) is 10.3. The van der Waals surface area contributed by atoms with Crippen LogP contribution in [0.2, 0.25) is 0 Å². The maximum absolute atomic E-state index is 12.9. The number of ether oxygens (including phenoxy) is 4. The smallest absolute Gasteiger partial charge is 0.339 e. The number of carbonyl (C=O) groups is 2. The van der Waals surface area contributed by atoms with Crippen LogP contribution in [-0.2, 0) is 18.0 Å². The fourth-order valence-corrected chi connectivity index (χ4v) is 3.14. The second-order valence-electron chi connectivity index (χ2n) is 6.76. The molecule has 0 aliphatic heterocycles. The molecule has 0 N–H and O–H groups in total. The van der Waals surface area contributed by atoms with Gasteiger partial charge in [-0.15, -0.1) is 0 Å². The van der Waals surface area contributed by atoms with Crippen molar-refractivity contribution in [3.05, 3.63) is 89.0 Å². The van der Waals surface area contributed by atoms with Crippen LogP contribution < -0.4 is 14.2 Å². The molecule has 0 aromatic heterocycles. The van der Waals surface area contributed by atoms with E-state index in [0.29, 0.717) is 0 Å². The summed E-state index contributed by atoms with van der Waals surface area (Å²) in [5.74, 6) is -0.356. The third-order valence-corrected chi connectivity index (χ3v) is 4.64. The topological polar surface area (TPSA) is 71.1 Å². The molecule has 3 aromatic rings. The third-order valence-electron chi connectivity index (χ3n) is 4.64. The predicted molar refractivity (Wildman–Crippen MR) is 116 cm³/mol. The number of carbonyl (C=O) groups excluding carboxylic acids is 2. The third kappa shape index (κ3) is 5.22. The second-order valence-corrected chi connectivity index (χ2v) is 6.76. The monoisotopic (exact) mass is 420 g/mol. The Morgan fingerprint density at radius 3 is 1.87 bits per heavy atom. The average molecular weight is 420 g/mol. The molecule has 6 nitrogen and oxygen atoms in total. The summed E-state index contributed by atoms with van der Waals surface area (Å²) in [6, 6.07) is 20.2. The molecule has 0 aliphatic rings. The summed E-state index contributed by atoms with van der Waals surface area (Å²) in [7, 11) is 2.90. The average Bonchev–Trinajstić information content (AvgIpc) is 2.81. The zero-order valence-corrected chi connectivity index (χ0v) is 17.7. The lowest BCUT2D eigenvalue weighted by molar-refractivity contribution is 0.0468. The first-order valence-corrected chi connectivity index (χ1v) is 9.72. The van der Waals surface area contributed by atoms with Crippen LogP contribution in [-0.4, -0.2) is 26.0 Å². The summed E-state index contributed by atoms with van der Waals surface area (Å²) in [5, 5.41) is 0. The first-order valence-electron chi connectivity index (χ1n) is 9.72.